The summed E-state index contributed by atoms with van der Waals surface area (Å²) in [6.45, 7) is 7.30. The fraction of sp³-hybridized carbons (Fsp3) is 0.348. The maximum absolute atomic E-state index is 12.7. The third-order valence-electron chi connectivity index (χ3n) is 4.85. The molecule has 2 aromatic carbocycles. The fourth-order valence-corrected chi connectivity index (χ4v) is 3.23. The Hall–Kier alpha value is -2.59. The molecule has 3 rings (SSSR count). The van der Waals surface area contributed by atoms with Crippen LogP contribution < -0.4 is 5.32 Å². The number of esters is 1. The second-order valence-corrected chi connectivity index (χ2v) is 7.93. The molecule has 0 bridgehead atoms. The molecule has 1 aliphatic heterocycles. The van der Waals surface area contributed by atoms with Gasteiger partial charge in [0.05, 0.1) is 11.6 Å². The Bertz CT molecular complexity index is 817. The van der Waals surface area contributed by atoms with Gasteiger partial charge in [-0.25, -0.2) is 4.79 Å². The largest absolute Gasteiger partial charge is 0.512 e. The maximum Gasteiger partial charge on any atom is 0.339 e. The molecule has 0 aliphatic carbocycles. The molecule has 2 N–H and O–H groups in total. The molecule has 0 saturated carbocycles. The van der Waals surface area contributed by atoms with Crippen LogP contribution in [0.5, 0.6) is 0 Å². The van der Waals surface area contributed by atoms with Crippen molar-refractivity contribution in [2.75, 3.05) is 6.54 Å². The van der Waals surface area contributed by atoms with Crippen molar-refractivity contribution in [2.24, 2.45) is 0 Å². The lowest BCUT2D eigenvalue weighted by Gasteiger charge is -2.27. The second kappa shape index (κ2) is 7.97. The van der Waals surface area contributed by atoms with Gasteiger partial charge < -0.3 is 15.2 Å². The van der Waals surface area contributed by atoms with E-state index in [0.29, 0.717) is 18.5 Å². The minimum atomic E-state index is -0.478. The Morgan fingerprint density at radius 1 is 1.11 bits per heavy atom. The molecule has 0 unspecified atom stereocenters. The van der Waals surface area contributed by atoms with E-state index in [1.54, 1.807) is 0 Å². The quantitative estimate of drug-likeness (QED) is 0.779. The van der Waals surface area contributed by atoms with E-state index in [1.807, 2.05) is 42.5 Å². The summed E-state index contributed by atoms with van der Waals surface area (Å²) < 4.78 is 5.47. The molecule has 2 aromatic rings. The van der Waals surface area contributed by atoms with E-state index >= 15 is 0 Å². The van der Waals surface area contributed by atoms with Gasteiger partial charge in [0.25, 0.3) is 0 Å². The first-order chi connectivity index (χ1) is 12.9. The van der Waals surface area contributed by atoms with Gasteiger partial charge in [-0.05, 0) is 22.1 Å². The van der Waals surface area contributed by atoms with E-state index in [-0.39, 0.29) is 23.8 Å². The number of benzene rings is 2. The molecule has 0 amide bonds. The maximum atomic E-state index is 12.7. The summed E-state index contributed by atoms with van der Waals surface area (Å²) in [6.07, 6.45) is 0.423. The van der Waals surface area contributed by atoms with Crippen molar-refractivity contribution < 1.29 is 14.6 Å². The Morgan fingerprint density at radius 3 is 2.41 bits per heavy atom. The Morgan fingerprint density at radius 2 is 1.78 bits per heavy atom. The van der Waals surface area contributed by atoms with Crippen LogP contribution in [0.2, 0.25) is 0 Å². The number of aliphatic hydroxyl groups excluding tert-OH is 1. The zero-order chi connectivity index (χ0) is 19.4. The third-order valence-corrected chi connectivity index (χ3v) is 4.85. The second-order valence-electron chi connectivity index (χ2n) is 7.93. The lowest BCUT2D eigenvalue weighted by atomic mass is 9.85. The number of hydrogen-bond donors (Lipinski definition) is 2. The van der Waals surface area contributed by atoms with Crippen LogP contribution in [0.15, 0.2) is 65.9 Å². The van der Waals surface area contributed by atoms with E-state index in [4.69, 9.17) is 4.74 Å². The van der Waals surface area contributed by atoms with Crippen LogP contribution in [-0.2, 0) is 21.6 Å². The van der Waals surface area contributed by atoms with Gasteiger partial charge in [0.1, 0.15) is 12.4 Å². The normalized spacial score (nSPS) is 17.7. The smallest absolute Gasteiger partial charge is 0.339 e. The first kappa shape index (κ1) is 19.2. The van der Waals surface area contributed by atoms with Gasteiger partial charge in [0.15, 0.2) is 0 Å². The minimum Gasteiger partial charge on any atom is -0.512 e. The standard InChI is InChI=1S/C23H27NO3/c1-23(2,3)18-11-9-17(10-12-18)21-20(19(25)13-14-24-21)22(26)27-15-16-7-5-4-6-8-16/h4-12,21,24-25H,13-15H2,1-3H3/t21-/m1/s1. The molecule has 0 saturated heterocycles. The van der Waals surface area contributed by atoms with Crippen LogP contribution in [0.4, 0.5) is 0 Å². The van der Waals surface area contributed by atoms with E-state index in [9.17, 15) is 9.90 Å². The van der Waals surface area contributed by atoms with Gasteiger partial charge in [-0.2, -0.15) is 0 Å². The molecule has 0 fully saturated rings. The first-order valence-electron chi connectivity index (χ1n) is 9.33. The SMILES string of the molecule is CC(C)(C)c1ccc([C@H]2NCCC(O)=C2C(=O)OCc2ccccc2)cc1. The summed E-state index contributed by atoms with van der Waals surface area (Å²) in [7, 11) is 0. The summed E-state index contributed by atoms with van der Waals surface area (Å²) in [6, 6.07) is 17.4. The van der Waals surface area contributed by atoms with Crippen LogP contribution >= 0.6 is 0 Å². The average Bonchev–Trinajstić information content (AvgIpc) is 2.66. The van der Waals surface area contributed by atoms with Crippen molar-refractivity contribution in [1.82, 2.24) is 5.32 Å². The fourth-order valence-electron chi connectivity index (χ4n) is 3.23. The number of nitrogens with one attached hydrogen (secondary N) is 1. The molecular weight excluding hydrogens is 338 g/mol. The van der Waals surface area contributed by atoms with Crippen molar-refractivity contribution >= 4 is 5.97 Å². The highest BCUT2D eigenvalue weighted by Gasteiger charge is 2.31. The molecule has 142 valence electrons. The van der Waals surface area contributed by atoms with Gasteiger partial charge in [0.2, 0.25) is 0 Å². The molecule has 1 atom stereocenters. The minimum absolute atomic E-state index is 0.0634. The summed E-state index contributed by atoms with van der Waals surface area (Å²) >= 11 is 0. The monoisotopic (exact) mass is 365 g/mol. The van der Waals surface area contributed by atoms with E-state index < -0.39 is 5.97 Å². The summed E-state index contributed by atoms with van der Waals surface area (Å²) in [5.74, 6) is -0.370. The number of aliphatic hydroxyl groups is 1. The predicted molar refractivity (Wildman–Crippen MR) is 106 cm³/mol. The molecule has 4 nitrogen and oxygen atoms in total. The number of hydrogen-bond acceptors (Lipinski definition) is 4. The molecule has 4 heteroatoms. The molecule has 1 heterocycles. The lowest BCUT2D eigenvalue weighted by molar-refractivity contribution is -0.141. The summed E-state index contributed by atoms with van der Waals surface area (Å²) in [4.78, 5) is 12.7. The average molecular weight is 365 g/mol. The zero-order valence-electron chi connectivity index (χ0n) is 16.2. The van der Waals surface area contributed by atoms with Crippen LogP contribution in [0.25, 0.3) is 0 Å². The van der Waals surface area contributed by atoms with Crippen LogP contribution in [0.3, 0.4) is 0 Å². The predicted octanol–water partition coefficient (Wildman–Crippen LogP) is 4.57. The molecule has 1 aliphatic rings. The van der Waals surface area contributed by atoms with Crippen LogP contribution in [0.1, 0.15) is 49.9 Å². The molecule has 0 aromatic heterocycles. The van der Waals surface area contributed by atoms with Gasteiger partial charge in [-0.15, -0.1) is 0 Å². The van der Waals surface area contributed by atoms with Crippen molar-refractivity contribution in [3.05, 3.63) is 82.6 Å². The van der Waals surface area contributed by atoms with Crippen molar-refractivity contribution in [3.63, 3.8) is 0 Å². The van der Waals surface area contributed by atoms with Crippen LogP contribution in [0, 0.1) is 0 Å². The number of carbonyl (C=O) groups is 1. The highest BCUT2D eigenvalue weighted by molar-refractivity contribution is 5.91. The summed E-state index contributed by atoms with van der Waals surface area (Å²) in [5, 5.41) is 13.7. The van der Waals surface area contributed by atoms with Crippen molar-refractivity contribution in [1.29, 1.82) is 0 Å². The van der Waals surface area contributed by atoms with E-state index in [1.165, 1.54) is 5.56 Å². The molecule has 0 spiro atoms. The van der Waals surface area contributed by atoms with E-state index in [2.05, 4.69) is 38.2 Å². The van der Waals surface area contributed by atoms with Gasteiger partial charge in [-0.1, -0.05) is 75.4 Å². The third kappa shape index (κ3) is 4.58. The van der Waals surface area contributed by atoms with E-state index in [0.717, 1.165) is 11.1 Å². The van der Waals surface area contributed by atoms with Gasteiger partial charge in [0, 0.05) is 13.0 Å². The van der Waals surface area contributed by atoms with Gasteiger partial charge in [-0.3, -0.25) is 0 Å². The Labute approximate surface area is 160 Å². The highest BCUT2D eigenvalue weighted by atomic mass is 16.5. The molecule has 0 radical (unpaired) electrons. The first-order valence-corrected chi connectivity index (χ1v) is 9.33. The molecular formula is C23H27NO3. The highest BCUT2D eigenvalue weighted by Crippen LogP contribution is 2.31. The Kier molecular flexibility index (Phi) is 5.66. The topological polar surface area (TPSA) is 58.6 Å². The van der Waals surface area contributed by atoms with Crippen LogP contribution in [-0.4, -0.2) is 17.6 Å². The Balaban J connectivity index is 1.80. The number of ether oxygens (including phenoxy) is 1. The molecule has 27 heavy (non-hydrogen) atoms. The lowest BCUT2D eigenvalue weighted by Crippen LogP contribution is -2.33. The zero-order valence-corrected chi connectivity index (χ0v) is 16.2. The van der Waals surface area contributed by atoms with Gasteiger partial charge >= 0.3 is 5.97 Å². The number of carbonyl (C=O) groups excluding carboxylic acids is 1. The number of rotatable bonds is 4. The summed E-state index contributed by atoms with van der Waals surface area (Å²) in [5.41, 5.74) is 3.46. The van der Waals surface area contributed by atoms with Crippen molar-refractivity contribution in [3.8, 4) is 0 Å². The van der Waals surface area contributed by atoms with Crippen molar-refractivity contribution in [2.45, 2.75) is 45.3 Å².